The van der Waals surface area contributed by atoms with Crippen molar-refractivity contribution in [2.24, 2.45) is 5.92 Å². The van der Waals surface area contributed by atoms with Gasteiger partial charge in [-0.3, -0.25) is 4.79 Å². The van der Waals surface area contributed by atoms with Crippen molar-refractivity contribution in [2.75, 3.05) is 11.4 Å². The third kappa shape index (κ3) is 2.49. The monoisotopic (exact) mass is 341 g/mol. The number of benzene rings is 1. The summed E-state index contributed by atoms with van der Waals surface area (Å²) in [7, 11) is 0. The van der Waals surface area contributed by atoms with E-state index in [1.807, 2.05) is 4.90 Å². The van der Waals surface area contributed by atoms with Crippen molar-refractivity contribution >= 4 is 34.2 Å². The number of carbonyl (C=O) groups is 1. The van der Waals surface area contributed by atoms with Crippen LogP contribution in [-0.2, 0) is 11.2 Å². The number of anilines is 1. The fraction of sp³-hybridized carbons (Fsp3) is 0.500. The van der Waals surface area contributed by atoms with Crippen LogP contribution in [0.5, 0.6) is 0 Å². The molecule has 1 fully saturated rings. The maximum Gasteiger partial charge on any atom is 0.227 e. The van der Waals surface area contributed by atoms with Crippen LogP contribution in [0.25, 0.3) is 0 Å². The number of rotatable bonds is 3. The number of fused-ring (bicyclic) bond motifs is 1. The highest BCUT2D eigenvalue weighted by atomic mass is 127. The summed E-state index contributed by atoms with van der Waals surface area (Å²) in [5.41, 5.74) is 2.50. The molecule has 0 spiro atoms. The molecule has 1 aliphatic heterocycles. The van der Waals surface area contributed by atoms with Gasteiger partial charge >= 0.3 is 0 Å². The predicted octanol–water partition coefficient (Wildman–Crippen LogP) is 3.37. The first kappa shape index (κ1) is 11.5. The van der Waals surface area contributed by atoms with Crippen molar-refractivity contribution in [2.45, 2.75) is 32.1 Å². The Morgan fingerprint density at radius 2 is 2.12 bits per heavy atom. The average molecular weight is 341 g/mol. The van der Waals surface area contributed by atoms with Crippen molar-refractivity contribution in [3.63, 3.8) is 0 Å². The molecule has 90 valence electrons. The number of carbonyl (C=O) groups excluding carboxylic acids is 1. The van der Waals surface area contributed by atoms with Crippen LogP contribution in [0.2, 0.25) is 0 Å². The molecule has 0 radical (unpaired) electrons. The molecule has 1 saturated carbocycles. The molecule has 1 aliphatic carbocycles. The van der Waals surface area contributed by atoms with Crippen LogP contribution in [0.3, 0.4) is 0 Å². The second kappa shape index (κ2) is 4.59. The first-order valence-corrected chi connectivity index (χ1v) is 7.41. The molecule has 2 nitrogen and oxygen atoms in total. The molecule has 0 saturated heterocycles. The number of halogens is 1. The molecule has 3 heteroatoms. The lowest BCUT2D eigenvalue weighted by atomic mass is 10.0. The second-order valence-corrected chi connectivity index (χ2v) is 6.30. The van der Waals surface area contributed by atoms with Crippen molar-refractivity contribution in [3.05, 3.63) is 27.3 Å². The van der Waals surface area contributed by atoms with Crippen LogP contribution in [-0.4, -0.2) is 12.5 Å². The minimum absolute atomic E-state index is 0.305. The lowest BCUT2D eigenvalue weighted by molar-refractivity contribution is -0.118. The van der Waals surface area contributed by atoms with E-state index in [1.54, 1.807) is 0 Å². The van der Waals surface area contributed by atoms with E-state index in [4.69, 9.17) is 0 Å². The molecule has 0 unspecified atom stereocenters. The molecule has 1 aromatic rings. The fourth-order valence-electron chi connectivity index (χ4n) is 2.49. The average Bonchev–Trinajstić information content (AvgIpc) is 3.12. The maximum absolute atomic E-state index is 12.0. The lowest BCUT2D eigenvalue weighted by Crippen LogP contribution is -2.36. The smallest absolute Gasteiger partial charge is 0.227 e. The summed E-state index contributed by atoms with van der Waals surface area (Å²) in [5.74, 6) is 1.19. The van der Waals surface area contributed by atoms with E-state index in [9.17, 15) is 4.79 Å². The Balaban J connectivity index is 1.83. The van der Waals surface area contributed by atoms with Gasteiger partial charge in [0.2, 0.25) is 5.91 Å². The summed E-state index contributed by atoms with van der Waals surface area (Å²) < 4.78 is 1.26. The van der Waals surface area contributed by atoms with Gasteiger partial charge in [-0.05, 0) is 65.1 Å². The van der Waals surface area contributed by atoms with Crippen LogP contribution >= 0.6 is 22.6 Å². The zero-order valence-electron chi connectivity index (χ0n) is 9.79. The number of amides is 1. The molecule has 17 heavy (non-hydrogen) atoms. The molecule has 1 heterocycles. The van der Waals surface area contributed by atoms with Gasteiger partial charge in [-0.15, -0.1) is 0 Å². The summed E-state index contributed by atoms with van der Waals surface area (Å²) in [6.45, 7) is 0.914. The van der Waals surface area contributed by atoms with Crippen molar-refractivity contribution < 1.29 is 4.79 Å². The van der Waals surface area contributed by atoms with E-state index in [2.05, 4.69) is 40.8 Å². The highest BCUT2D eigenvalue weighted by Crippen LogP contribution is 2.35. The Morgan fingerprint density at radius 1 is 1.29 bits per heavy atom. The van der Waals surface area contributed by atoms with Gasteiger partial charge in [0.1, 0.15) is 0 Å². The number of hydrogen-bond acceptors (Lipinski definition) is 1. The first-order chi connectivity index (χ1) is 8.24. The zero-order valence-corrected chi connectivity index (χ0v) is 11.9. The van der Waals surface area contributed by atoms with E-state index in [0.717, 1.165) is 24.6 Å². The largest absolute Gasteiger partial charge is 0.312 e. The molecular formula is C14H16INO. The Bertz CT molecular complexity index is 454. The standard InChI is InChI=1S/C14H16INO/c15-12-4-5-13-11(9-12)3-6-14(17)16(13)8-7-10-1-2-10/h4-5,9-10H,1-3,6-8H2. The minimum atomic E-state index is 0.305. The topological polar surface area (TPSA) is 20.3 Å². The molecule has 1 aromatic carbocycles. The Kier molecular flexibility index (Phi) is 3.11. The van der Waals surface area contributed by atoms with E-state index in [-0.39, 0.29) is 0 Å². The van der Waals surface area contributed by atoms with E-state index < -0.39 is 0 Å². The maximum atomic E-state index is 12.0. The van der Waals surface area contributed by atoms with Crippen LogP contribution in [0.4, 0.5) is 5.69 Å². The quantitative estimate of drug-likeness (QED) is 0.772. The van der Waals surface area contributed by atoms with Crippen LogP contribution in [0.15, 0.2) is 18.2 Å². The summed E-state index contributed by atoms with van der Waals surface area (Å²) >= 11 is 2.34. The molecule has 0 N–H and O–H groups in total. The van der Waals surface area contributed by atoms with Gasteiger partial charge in [0.05, 0.1) is 0 Å². The highest BCUT2D eigenvalue weighted by molar-refractivity contribution is 14.1. The Labute approximate surface area is 116 Å². The van der Waals surface area contributed by atoms with Gasteiger partial charge in [0, 0.05) is 22.2 Å². The second-order valence-electron chi connectivity index (χ2n) is 5.05. The van der Waals surface area contributed by atoms with Gasteiger partial charge in [0.25, 0.3) is 0 Å². The normalized spacial score (nSPS) is 19.4. The predicted molar refractivity (Wildman–Crippen MR) is 77.2 cm³/mol. The highest BCUT2D eigenvalue weighted by Gasteiger charge is 2.27. The van der Waals surface area contributed by atoms with Gasteiger partial charge in [0.15, 0.2) is 0 Å². The van der Waals surface area contributed by atoms with Gasteiger partial charge in [-0.2, -0.15) is 0 Å². The third-order valence-corrected chi connectivity index (χ3v) is 4.37. The van der Waals surface area contributed by atoms with E-state index in [0.29, 0.717) is 12.3 Å². The van der Waals surface area contributed by atoms with Gasteiger partial charge < -0.3 is 4.90 Å². The molecule has 3 rings (SSSR count). The molecule has 0 aromatic heterocycles. The van der Waals surface area contributed by atoms with E-state index >= 15 is 0 Å². The number of aryl methyl sites for hydroxylation is 1. The minimum Gasteiger partial charge on any atom is -0.312 e. The van der Waals surface area contributed by atoms with Crippen LogP contribution in [0, 0.1) is 9.49 Å². The lowest BCUT2D eigenvalue weighted by Gasteiger charge is -2.29. The third-order valence-electron chi connectivity index (χ3n) is 3.70. The van der Waals surface area contributed by atoms with E-state index in [1.165, 1.54) is 28.4 Å². The van der Waals surface area contributed by atoms with Gasteiger partial charge in [-0.1, -0.05) is 12.8 Å². The molecule has 2 aliphatic rings. The SMILES string of the molecule is O=C1CCc2cc(I)ccc2N1CCC1CC1. The molecule has 0 atom stereocenters. The molecule has 0 bridgehead atoms. The van der Waals surface area contributed by atoms with Crippen LogP contribution in [0.1, 0.15) is 31.2 Å². The number of nitrogens with zero attached hydrogens (tertiary/aromatic N) is 1. The zero-order chi connectivity index (χ0) is 11.8. The van der Waals surface area contributed by atoms with Crippen molar-refractivity contribution in [1.29, 1.82) is 0 Å². The Morgan fingerprint density at radius 3 is 2.88 bits per heavy atom. The summed E-state index contributed by atoms with van der Waals surface area (Å²) in [6, 6.07) is 6.43. The van der Waals surface area contributed by atoms with Gasteiger partial charge in [-0.25, -0.2) is 0 Å². The summed E-state index contributed by atoms with van der Waals surface area (Å²) in [6.07, 6.45) is 5.49. The number of hydrogen-bond donors (Lipinski definition) is 0. The summed E-state index contributed by atoms with van der Waals surface area (Å²) in [4.78, 5) is 14.0. The van der Waals surface area contributed by atoms with Crippen LogP contribution < -0.4 is 4.90 Å². The Hall–Kier alpha value is -0.580. The fourth-order valence-corrected chi connectivity index (χ4v) is 3.05. The van der Waals surface area contributed by atoms with Crippen molar-refractivity contribution in [1.82, 2.24) is 0 Å². The molecule has 1 amide bonds. The van der Waals surface area contributed by atoms with Crippen molar-refractivity contribution in [3.8, 4) is 0 Å². The first-order valence-electron chi connectivity index (χ1n) is 6.33. The summed E-state index contributed by atoms with van der Waals surface area (Å²) in [5, 5.41) is 0. The molecular weight excluding hydrogens is 325 g/mol.